The number of nitrogens with zero attached hydrogens (tertiary/aromatic N) is 2. The molecule has 6 heteroatoms. The fourth-order valence-electron chi connectivity index (χ4n) is 2.39. The zero-order valence-electron chi connectivity index (χ0n) is 11.0. The number of aromatic nitrogens is 1. The minimum Gasteiger partial charge on any atom is -0.495 e. The average Bonchev–Trinajstić information content (AvgIpc) is 2.96. The Morgan fingerprint density at radius 3 is 2.79 bits per heavy atom. The molecule has 0 spiro atoms. The molecule has 0 saturated carbocycles. The highest BCUT2D eigenvalue weighted by atomic mass is 16.7. The van der Waals surface area contributed by atoms with Crippen LogP contribution in [0.2, 0.25) is 0 Å². The van der Waals surface area contributed by atoms with Gasteiger partial charge in [-0.2, -0.15) is 0 Å². The molecule has 102 valence electrons. The van der Waals surface area contributed by atoms with Crippen molar-refractivity contribution in [3.63, 3.8) is 0 Å². The summed E-state index contributed by atoms with van der Waals surface area (Å²) in [5, 5.41) is 0. The topological polar surface area (TPSA) is 60.9 Å². The van der Waals surface area contributed by atoms with Crippen LogP contribution in [0.25, 0.3) is 0 Å². The highest BCUT2D eigenvalue weighted by Gasteiger charge is 2.29. The molecule has 0 radical (unpaired) electrons. The van der Waals surface area contributed by atoms with E-state index in [1.54, 1.807) is 19.1 Å². The number of pyridine rings is 1. The van der Waals surface area contributed by atoms with Gasteiger partial charge in [0.1, 0.15) is 17.3 Å². The third kappa shape index (κ3) is 2.06. The molecule has 1 saturated heterocycles. The number of aryl methyl sites for hydroxylation is 1. The van der Waals surface area contributed by atoms with E-state index in [1.165, 1.54) is 0 Å². The Balaban J connectivity index is 2.06. The second-order valence-electron chi connectivity index (χ2n) is 4.58. The standard InChI is InChI=1S/C13H16N2O4/c1-15-10(16)4-3-8-7-9(17-2)11(14-12(8)15)13-18-5-6-19-13/h7,13H,3-6H2,1-2H3. The van der Waals surface area contributed by atoms with Crippen LogP contribution >= 0.6 is 0 Å². The second kappa shape index (κ2) is 4.79. The number of hydrogen-bond acceptors (Lipinski definition) is 5. The monoisotopic (exact) mass is 264 g/mol. The van der Waals surface area contributed by atoms with E-state index in [9.17, 15) is 4.79 Å². The average molecular weight is 264 g/mol. The van der Waals surface area contributed by atoms with Gasteiger partial charge in [0.25, 0.3) is 0 Å². The third-order valence-corrected chi connectivity index (χ3v) is 3.44. The van der Waals surface area contributed by atoms with Gasteiger partial charge in [-0.3, -0.25) is 9.69 Å². The lowest BCUT2D eigenvalue weighted by Gasteiger charge is -2.26. The molecule has 2 aliphatic rings. The Hall–Kier alpha value is -1.66. The van der Waals surface area contributed by atoms with E-state index >= 15 is 0 Å². The maximum Gasteiger partial charge on any atom is 0.228 e. The first-order valence-corrected chi connectivity index (χ1v) is 6.28. The van der Waals surface area contributed by atoms with E-state index in [0.29, 0.717) is 43.3 Å². The predicted octanol–water partition coefficient (Wildman–Crippen LogP) is 1.04. The van der Waals surface area contributed by atoms with Gasteiger partial charge in [-0.25, -0.2) is 4.98 Å². The van der Waals surface area contributed by atoms with Gasteiger partial charge in [0.2, 0.25) is 12.2 Å². The van der Waals surface area contributed by atoms with Crippen LogP contribution in [0.1, 0.15) is 24.0 Å². The summed E-state index contributed by atoms with van der Waals surface area (Å²) in [6.45, 7) is 1.09. The van der Waals surface area contributed by atoms with Crippen LogP contribution in [0.3, 0.4) is 0 Å². The lowest BCUT2D eigenvalue weighted by molar-refractivity contribution is -0.118. The summed E-state index contributed by atoms with van der Waals surface area (Å²) in [5.41, 5.74) is 1.61. The van der Waals surface area contributed by atoms with Crippen molar-refractivity contribution < 1.29 is 19.0 Å². The normalized spacial score (nSPS) is 19.7. The molecule has 0 aliphatic carbocycles. The quantitative estimate of drug-likeness (QED) is 0.799. The fraction of sp³-hybridized carbons (Fsp3) is 0.538. The molecule has 0 aromatic carbocycles. The van der Waals surface area contributed by atoms with Crippen molar-refractivity contribution in [3.05, 3.63) is 17.3 Å². The molecule has 1 aromatic heterocycles. The molecular formula is C13H16N2O4. The summed E-state index contributed by atoms with van der Waals surface area (Å²) in [7, 11) is 3.33. The van der Waals surface area contributed by atoms with E-state index in [0.717, 1.165) is 5.56 Å². The van der Waals surface area contributed by atoms with Gasteiger partial charge in [-0.05, 0) is 18.1 Å². The predicted molar refractivity (Wildman–Crippen MR) is 67.2 cm³/mol. The highest BCUT2D eigenvalue weighted by Crippen LogP contribution is 2.35. The van der Waals surface area contributed by atoms with E-state index in [2.05, 4.69) is 4.98 Å². The number of rotatable bonds is 2. The second-order valence-corrected chi connectivity index (χ2v) is 4.58. The molecule has 1 fully saturated rings. The van der Waals surface area contributed by atoms with Crippen LogP contribution in [0.15, 0.2) is 6.07 Å². The summed E-state index contributed by atoms with van der Waals surface area (Å²) < 4.78 is 16.3. The number of carbonyl (C=O) groups excluding carboxylic acids is 1. The number of fused-ring (bicyclic) bond motifs is 1. The zero-order chi connectivity index (χ0) is 13.4. The van der Waals surface area contributed by atoms with Crippen molar-refractivity contribution in [2.45, 2.75) is 19.1 Å². The van der Waals surface area contributed by atoms with Crippen molar-refractivity contribution >= 4 is 11.7 Å². The van der Waals surface area contributed by atoms with Gasteiger partial charge < -0.3 is 14.2 Å². The molecule has 1 amide bonds. The fourth-order valence-corrected chi connectivity index (χ4v) is 2.39. The molecule has 6 nitrogen and oxygen atoms in total. The first-order chi connectivity index (χ1) is 9.20. The van der Waals surface area contributed by atoms with Crippen LogP contribution < -0.4 is 9.64 Å². The first kappa shape index (κ1) is 12.4. The molecule has 3 heterocycles. The maximum atomic E-state index is 11.7. The molecule has 0 N–H and O–H groups in total. The zero-order valence-corrected chi connectivity index (χ0v) is 11.0. The molecular weight excluding hydrogens is 248 g/mol. The van der Waals surface area contributed by atoms with Crippen LogP contribution in [0.4, 0.5) is 5.82 Å². The van der Waals surface area contributed by atoms with E-state index in [4.69, 9.17) is 14.2 Å². The summed E-state index contributed by atoms with van der Waals surface area (Å²) in [5.74, 6) is 1.39. The van der Waals surface area contributed by atoms with Gasteiger partial charge in [-0.15, -0.1) is 0 Å². The Morgan fingerprint density at radius 2 is 2.11 bits per heavy atom. The Morgan fingerprint density at radius 1 is 1.37 bits per heavy atom. The van der Waals surface area contributed by atoms with Crippen LogP contribution in [-0.2, 0) is 20.7 Å². The van der Waals surface area contributed by atoms with Crippen molar-refractivity contribution in [3.8, 4) is 5.75 Å². The minimum absolute atomic E-state index is 0.0735. The molecule has 2 aliphatic heterocycles. The lowest BCUT2D eigenvalue weighted by atomic mass is 10.0. The molecule has 3 rings (SSSR count). The summed E-state index contributed by atoms with van der Waals surface area (Å²) in [6, 6.07) is 1.92. The molecule has 0 bridgehead atoms. The molecule has 0 unspecified atom stereocenters. The first-order valence-electron chi connectivity index (χ1n) is 6.28. The Labute approximate surface area is 111 Å². The smallest absolute Gasteiger partial charge is 0.228 e. The van der Waals surface area contributed by atoms with E-state index in [1.807, 2.05) is 6.07 Å². The maximum absolute atomic E-state index is 11.7. The van der Waals surface area contributed by atoms with Gasteiger partial charge in [-0.1, -0.05) is 0 Å². The summed E-state index contributed by atoms with van der Waals surface area (Å²) in [4.78, 5) is 17.8. The van der Waals surface area contributed by atoms with Crippen molar-refractivity contribution in [2.24, 2.45) is 0 Å². The number of amides is 1. The largest absolute Gasteiger partial charge is 0.495 e. The van der Waals surface area contributed by atoms with Crippen LogP contribution in [0, 0.1) is 0 Å². The lowest BCUT2D eigenvalue weighted by Crippen LogP contribution is -2.32. The van der Waals surface area contributed by atoms with Gasteiger partial charge >= 0.3 is 0 Å². The molecule has 0 atom stereocenters. The SMILES string of the molecule is COc1cc2c(nc1C1OCCO1)N(C)C(=O)CC2. The number of hydrogen-bond donors (Lipinski definition) is 0. The summed E-state index contributed by atoms with van der Waals surface area (Å²) in [6.07, 6.45) is 0.684. The number of carbonyl (C=O) groups is 1. The number of methoxy groups -OCH3 is 1. The Bertz CT molecular complexity index is 512. The summed E-state index contributed by atoms with van der Waals surface area (Å²) >= 11 is 0. The van der Waals surface area contributed by atoms with Crippen LogP contribution in [-0.4, -0.2) is 38.3 Å². The van der Waals surface area contributed by atoms with Crippen molar-refractivity contribution in [1.82, 2.24) is 4.98 Å². The van der Waals surface area contributed by atoms with E-state index in [-0.39, 0.29) is 5.91 Å². The highest BCUT2D eigenvalue weighted by molar-refractivity contribution is 5.94. The van der Waals surface area contributed by atoms with Gasteiger partial charge in [0, 0.05) is 13.5 Å². The number of ether oxygens (including phenoxy) is 3. The molecule has 1 aromatic rings. The molecule has 19 heavy (non-hydrogen) atoms. The number of anilines is 1. The van der Waals surface area contributed by atoms with Crippen LogP contribution in [0.5, 0.6) is 5.75 Å². The van der Waals surface area contributed by atoms with Crippen molar-refractivity contribution in [2.75, 3.05) is 32.3 Å². The third-order valence-electron chi connectivity index (χ3n) is 3.44. The van der Waals surface area contributed by atoms with Gasteiger partial charge in [0.05, 0.1) is 20.3 Å². The Kier molecular flexibility index (Phi) is 3.12. The minimum atomic E-state index is -0.509. The van der Waals surface area contributed by atoms with E-state index < -0.39 is 6.29 Å². The van der Waals surface area contributed by atoms with Gasteiger partial charge in [0.15, 0.2) is 0 Å². The van der Waals surface area contributed by atoms with Crippen molar-refractivity contribution in [1.29, 1.82) is 0 Å².